The maximum atomic E-state index is 12.6. The summed E-state index contributed by atoms with van der Waals surface area (Å²) in [6.07, 6.45) is 7.97. The van der Waals surface area contributed by atoms with Gasteiger partial charge in [-0.15, -0.1) is 0 Å². The first-order valence-corrected chi connectivity index (χ1v) is 7.49. The number of pyridine rings is 1. The molecular formula is C16H18N4O3. The molecule has 0 spiro atoms. The number of carbonyl (C=O) groups is 1. The second-order valence-electron chi connectivity index (χ2n) is 5.21. The Morgan fingerprint density at radius 1 is 1.22 bits per heavy atom. The summed E-state index contributed by atoms with van der Waals surface area (Å²) in [6, 6.07) is 3.47. The summed E-state index contributed by atoms with van der Waals surface area (Å²) in [5, 5.41) is 0. The molecule has 0 saturated carbocycles. The molecule has 1 amide bonds. The van der Waals surface area contributed by atoms with Crippen LogP contribution in [0.15, 0.2) is 36.9 Å². The van der Waals surface area contributed by atoms with E-state index in [0.29, 0.717) is 30.4 Å². The van der Waals surface area contributed by atoms with E-state index in [2.05, 4.69) is 15.0 Å². The van der Waals surface area contributed by atoms with E-state index in [4.69, 9.17) is 9.47 Å². The highest BCUT2D eigenvalue weighted by Crippen LogP contribution is 2.21. The van der Waals surface area contributed by atoms with Crippen LogP contribution in [-0.4, -0.2) is 52.1 Å². The highest BCUT2D eigenvalue weighted by Gasteiger charge is 2.26. The Bertz CT molecular complexity index is 657. The maximum Gasteiger partial charge on any atom is 0.259 e. The standard InChI is InChI=1S/C16H18N4O3/c1-22-15-13(3-2-6-19-15)16(21)20-9-4-12(5-10-20)23-14-11-17-7-8-18-14/h2-3,6-8,11-12H,4-5,9-10H2,1H3. The molecule has 0 atom stereocenters. The summed E-state index contributed by atoms with van der Waals surface area (Å²) in [5.41, 5.74) is 0.489. The number of piperidine rings is 1. The Balaban J connectivity index is 1.59. The van der Waals surface area contributed by atoms with Crippen molar-refractivity contribution in [2.24, 2.45) is 0 Å². The zero-order chi connectivity index (χ0) is 16.1. The van der Waals surface area contributed by atoms with Crippen molar-refractivity contribution in [1.82, 2.24) is 19.9 Å². The quantitative estimate of drug-likeness (QED) is 0.852. The highest BCUT2D eigenvalue weighted by molar-refractivity contribution is 5.96. The molecule has 1 aliphatic rings. The second-order valence-corrected chi connectivity index (χ2v) is 5.21. The van der Waals surface area contributed by atoms with Crippen molar-refractivity contribution in [3.63, 3.8) is 0 Å². The third kappa shape index (κ3) is 3.56. The van der Waals surface area contributed by atoms with E-state index in [1.807, 2.05) is 0 Å². The Hall–Kier alpha value is -2.70. The monoisotopic (exact) mass is 314 g/mol. The third-order valence-electron chi connectivity index (χ3n) is 3.75. The molecule has 1 aliphatic heterocycles. The molecule has 1 saturated heterocycles. The van der Waals surface area contributed by atoms with Crippen molar-refractivity contribution >= 4 is 5.91 Å². The van der Waals surface area contributed by atoms with E-state index in [-0.39, 0.29) is 12.0 Å². The third-order valence-corrected chi connectivity index (χ3v) is 3.75. The van der Waals surface area contributed by atoms with E-state index in [1.165, 1.54) is 7.11 Å². The van der Waals surface area contributed by atoms with Crippen LogP contribution in [0, 0.1) is 0 Å². The number of aromatic nitrogens is 3. The van der Waals surface area contributed by atoms with E-state index >= 15 is 0 Å². The molecule has 0 N–H and O–H groups in total. The molecule has 0 aliphatic carbocycles. The van der Waals surface area contributed by atoms with Crippen LogP contribution in [0.25, 0.3) is 0 Å². The highest BCUT2D eigenvalue weighted by atomic mass is 16.5. The average molecular weight is 314 g/mol. The molecule has 0 bridgehead atoms. The predicted octanol–water partition coefficient (Wildman–Crippen LogP) is 1.56. The minimum absolute atomic E-state index is 0.0477. The van der Waals surface area contributed by atoms with Gasteiger partial charge in [-0.25, -0.2) is 9.97 Å². The van der Waals surface area contributed by atoms with Crippen LogP contribution < -0.4 is 9.47 Å². The van der Waals surface area contributed by atoms with Crippen LogP contribution in [-0.2, 0) is 0 Å². The van der Waals surface area contributed by atoms with Gasteiger partial charge in [-0.2, -0.15) is 0 Å². The molecule has 2 aromatic heterocycles. The van der Waals surface area contributed by atoms with Gasteiger partial charge in [-0.05, 0) is 12.1 Å². The molecule has 3 rings (SSSR count). The van der Waals surface area contributed by atoms with E-state index in [9.17, 15) is 4.79 Å². The fraction of sp³-hybridized carbons (Fsp3) is 0.375. The van der Waals surface area contributed by atoms with Crippen LogP contribution in [0.4, 0.5) is 0 Å². The second kappa shape index (κ2) is 7.04. The molecule has 1 fully saturated rings. The van der Waals surface area contributed by atoms with Gasteiger partial charge in [0.25, 0.3) is 5.91 Å². The number of carbonyl (C=O) groups excluding carboxylic acids is 1. The zero-order valence-electron chi connectivity index (χ0n) is 12.9. The number of likely N-dealkylation sites (tertiary alicyclic amines) is 1. The van der Waals surface area contributed by atoms with Crippen LogP contribution in [0.3, 0.4) is 0 Å². The van der Waals surface area contributed by atoms with E-state index in [1.54, 1.807) is 41.8 Å². The molecule has 0 unspecified atom stereocenters. The van der Waals surface area contributed by atoms with Gasteiger partial charge in [-0.3, -0.25) is 9.78 Å². The lowest BCUT2D eigenvalue weighted by molar-refractivity contribution is 0.0583. The lowest BCUT2D eigenvalue weighted by Crippen LogP contribution is -2.42. The van der Waals surface area contributed by atoms with E-state index < -0.39 is 0 Å². The summed E-state index contributed by atoms with van der Waals surface area (Å²) in [4.78, 5) is 26.5. The number of hydrogen-bond acceptors (Lipinski definition) is 6. The molecule has 23 heavy (non-hydrogen) atoms. The summed E-state index contributed by atoms with van der Waals surface area (Å²) in [7, 11) is 1.51. The smallest absolute Gasteiger partial charge is 0.259 e. The molecule has 7 heteroatoms. The summed E-state index contributed by atoms with van der Waals surface area (Å²) in [5.74, 6) is 0.814. The van der Waals surface area contributed by atoms with Crippen molar-refractivity contribution in [2.45, 2.75) is 18.9 Å². The fourth-order valence-corrected chi connectivity index (χ4v) is 2.58. The lowest BCUT2D eigenvalue weighted by Gasteiger charge is -2.32. The summed E-state index contributed by atoms with van der Waals surface area (Å²) in [6.45, 7) is 1.25. The largest absolute Gasteiger partial charge is 0.480 e. The molecule has 120 valence electrons. The van der Waals surface area contributed by atoms with Gasteiger partial charge in [0, 0.05) is 44.5 Å². The van der Waals surface area contributed by atoms with Gasteiger partial charge in [-0.1, -0.05) is 0 Å². The van der Waals surface area contributed by atoms with Crippen molar-refractivity contribution in [2.75, 3.05) is 20.2 Å². The summed E-state index contributed by atoms with van der Waals surface area (Å²) >= 11 is 0. The summed E-state index contributed by atoms with van der Waals surface area (Å²) < 4.78 is 10.9. The average Bonchev–Trinajstić information content (AvgIpc) is 2.62. The first kappa shape index (κ1) is 15.2. The van der Waals surface area contributed by atoms with Gasteiger partial charge in [0.2, 0.25) is 11.8 Å². The van der Waals surface area contributed by atoms with Crippen LogP contribution in [0.1, 0.15) is 23.2 Å². The Morgan fingerprint density at radius 3 is 2.74 bits per heavy atom. The SMILES string of the molecule is COc1ncccc1C(=O)N1CCC(Oc2cnccn2)CC1. The molecule has 0 aromatic carbocycles. The van der Waals surface area contributed by atoms with Gasteiger partial charge in [0.05, 0.1) is 13.3 Å². The minimum atomic E-state index is -0.0621. The number of rotatable bonds is 4. The van der Waals surface area contributed by atoms with Crippen molar-refractivity contribution in [1.29, 1.82) is 0 Å². The normalized spacial score (nSPS) is 15.3. The minimum Gasteiger partial charge on any atom is -0.480 e. The number of ether oxygens (including phenoxy) is 2. The number of hydrogen-bond donors (Lipinski definition) is 0. The number of methoxy groups -OCH3 is 1. The predicted molar refractivity (Wildman–Crippen MR) is 82.4 cm³/mol. The molecule has 7 nitrogen and oxygen atoms in total. The first-order valence-electron chi connectivity index (χ1n) is 7.49. The number of amides is 1. The van der Waals surface area contributed by atoms with Crippen molar-refractivity contribution < 1.29 is 14.3 Å². The van der Waals surface area contributed by atoms with Crippen LogP contribution in [0.5, 0.6) is 11.8 Å². The zero-order valence-corrected chi connectivity index (χ0v) is 12.9. The maximum absolute atomic E-state index is 12.6. The molecule has 3 heterocycles. The molecule has 2 aromatic rings. The van der Waals surface area contributed by atoms with Gasteiger partial charge >= 0.3 is 0 Å². The van der Waals surface area contributed by atoms with Crippen molar-refractivity contribution in [3.05, 3.63) is 42.5 Å². The Morgan fingerprint density at radius 2 is 2.04 bits per heavy atom. The fourth-order valence-electron chi connectivity index (χ4n) is 2.58. The Kier molecular flexibility index (Phi) is 4.65. The van der Waals surface area contributed by atoms with Gasteiger partial charge in [0.15, 0.2) is 0 Å². The van der Waals surface area contributed by atoms with Gasteiger partial charge in [0.1, 0.15) is 11.7 Å². The Labute approximate surface area is 134 Å². The molecule has 0 radical (unpaired) electrons. The topological polar surface area (TPSA) is 77.4 Å². The van der Waals surface area contributed by atoms with Crippen LogP contribution >= 0.6 is 0 Å². The van der Waals surface area contributed by atoms with E-state index in [0.717, 1.165) is 12.8 Å². The van der Waals surface area contributed by atoms with Crippen molar-refractivity contribution in [3.8, 4) is 11.8 Å². The number of nitrogens with zero attached hydrogens (tertiary/aromatic N) is 4. The molecular weight excluding hydrogens is 296 g/mol. The lowest BCUT2D eigenvalue weighted by atomic mass is 10.1. The van der Waals surface area contributed by atoms with Gasteiger partial charge < -0.3 is 14.4 Å². The van der Waals surface area contributed by atoms with Crippen LogP contribution in [0.2, 0.25) is 0 Å². The first-order chi connectivity index (χ1) is 11.3.